The maximum Gasteiger partial charge on any atom is 0.223 e. The molecule has 1 aliphatic rings. The summed E-state index contributed by atoms with van der Waals surface area (Å²) in [5.41, 5.74) is 7.13. The molecular formula is C13H19N3O2. The van der Waals surface area contributed by atoms with Gasteiger partial charge in [-0.25, -0.2) is 4.98 Å². The number of pyridine rings is 1. The van der Waals surface area contributed by atoms with Gasteiger partial charge < -0.3 is 15.4 Å². The Bertz CT molecular complexity index is 419. The molecule has 0 aliphatic carbocycles. The molecule has 18 heavy (non-hydrogen) atoms. The largest absolute Gasteiger partial charge is 0.481 e. The van der Waals surface area contributed by atoms with Crippen molar-refractivity contribution in [2.45, 2.75) is 31.8 Å². The Labute approximate surface area is 107 Å². The lowest BCUT2D eigenvalue weighted by Crippen LogP contribution is -2.48. The number of amides is 1. The lowest BCUT2D eigenvalue weighted by Gasteiger charge is -2.39. The number of carbonyl (C=O) groups excluding carboxylic acids is 1. The van der Waals surface area contributed by atoms with E-state index in [4.69, 9.17) is 10.5 Å². The third-order valence-corrected chi connectivity index (χ3v) is 3.40. The molecule has 0 saturated carbocycles. The molecule has 0 radical (unpaired) electrons. The van der Waals surface area contributed by atoms with Crippen LogP contribution in [0, 0.1) is 0 Å². The average molecular weight is 249 g/mol. The van der Waals surface area contributed by atoms with Crippen LogP contribution in [0.1, 0.15) is 31.4 Å². The topological polar surface area (TPSA) is 68.5 Å². The van der Waals surface area contributed by atoms with Crippen LogP contribution in [0.2, 0.25) is 0 Å². The average Bonchev–Trinajstić information content (AvgIpc) is 2.41. The second-order valence-corrected chi connectivity index (χ2v) is 4.46. The molecule has 1 saturated heterocycles. The zero-order valence-corrected chi connectivity index (χ0v) is 10.8. The van der Waals surface area contributed by atoms with E-state index < -0.39 is 0 Å². The molecule has 2 rings (SSSR count). The van der Waals surface area contributed by atoms with Crippen molar-refractivity contribution < 1.29 is 9.53 Å². The van der Waals surface area contributed by atoms with Crippen molar-refractivity contribution in [2.24, 2.45) is 5.73 Å². The van der Waals surface area contributed by atoms with Crippen molar-refractivity contribution in [1.82, 2.24) is 9.88 Å². The monoisotopic (exact) mass is 249 g/mol. The predicted molar refractivity (Wildman–Crippen MR) is 68.1 cm³/mol. The summed E-state index contributed by atoms with van der Waals surface area (Å²) >= 11 is 0. The number of carbonyl (C=O) groups is 1. The maximum absolute atomic E-state index is 11.9. The van der Waals surface area contributed by atoms with Crippen LogP contribution in [0.4, 0.5) is 0 Å². The molecule has 2 atom stereocenters. The van der Waals surface area contributed by atoms with Gasteiger partial charge in [0, 0.05) is 31.3 Å². The standard InChI is InChI=1S/C13H19N3O2/c1-3-16-12(17)7-5-10(14)13(16)9-4-6-11(18-2)15-8-9/h4,6,8,10,13H,3,5,7,14H2,1-2H3. The number of hydrogen-bond donors (Lipinski definition) is 1. The Balaban J connectivity index is 2.29. The van der Waals surface area contributed by atoms with E-state index in [9.17, 15) is 4.79 Å². The highest BCUT2D eigenvalue weighted by atomic mass is 16.5. The summed E-state index contributed by atoms with van der Waals surface area (Å²) in [7, 11) is 1.58. The van der Waals surface area contributed by atoms with Gasteiger partial charge in [0.05, 0.1) is 13.2 Å². The summed E-state index contributed by atoms with van der Waals surface area (Å²) in [6.45, 7) is 2.64. The Morgan fingerprint density at radius 3 is 2.89 bits per heavy atom. The minimum absolute atomic E-state index is 0.0298. The Morgan fingerprint density at radius 1 is 1.56 bits per heavy atom. The van der Waals surface area contributed by atoms with Crippen LogP contribution >= 0.6 is 0 Å². The van der Waals surface area contributed by atoms with Crippen molar-refractivity contribution in [2.75, 3.05) is 13.7 Å². The first-order valence-corrected chi connectivity index (χ1v) is 6.22. The lowest BCUT2D eigenvalue weighted by atomic mass is 9.91. The highest BCUT2D eigenvalue weighted by Gasteiger charge is 2.33. The Kier molecular flexibility index (Phi) is 3.81. The number of ether oxygens (including phenoxy) is 1. The maximum atomic E-state index is 11.9. The second-order valence-electron chi connectivity index (χ2n) is 4.46. The van der Waals surface area contributed by atoms with Crippen LogP contribution < -0.4 is 10.5 Å². The van der Waals surface area contributed by atoms with Gasteiger partial charge in [-0.3, -0.25) is 4.79 Å². The quantitative estimate of drug-likeness (QED) is 0.871. The number of nitrogens with zero attached hydrogens (tertiary/aromatic N) is 2. The first-order chi connectivity index (χ1) is 8.67. The third kappa shape index (κ3) is 2.31. The van der Waals surface area contributed by atoms with Crippen molar-refractivity contribution in [1.29, 1.82) is 0 Å². The van der Waals surface area contributed by atoms with Gasteiger partial charge in [-0.1, -0.05) is 0 Å². The van der Waals surface area contributed by atoms with Gasteiger partial charge in [0.15, 0.2) is 0 Å². The molecule has 5 nitrogen and oxygen atoms in total. The van der Waals surface area contributed by atoms with Crippen molar-refractivity contribution in [3.8, 4) is 5.88 Å². The summed E-state index contributed by atoms with van der Waals surface area (Å²) in [5, 5.41) is 0. The molecular weight excluding hydrogens is 230 g/mol. The number of piperidine rings is 1. The SMILES string of the molecule is CCN1C(=O)CCC(N)C1c1ccc(OC)nc1. The van der Waals surface area contributed by atoms with Crippen LogP contribution in [0.5, 0.6) is 5.88 Å². The lowest BCUT2D eigenvalue weighted by molar-refractivity contribution is -0.137. The molecule has 1 aromatic rings. The fraction of sp³-hybridized carbons (Fsp3) is 0.538. The molecule has 1 aliphatic heterocycles. The number of hydrogen-bond acceptors (Lipinski definition) is 4. The van der Waals surface area contributed by atoms with E-state index in [1.807, 2.05) is 17.9 Å². The first kappa shape index (κ1) is 12.8. The molecule has 2 heterocycles. The van der Waals surface area contributed by atoms with Crippen LogP contribution in [0.15, 0.2) is 18.3 Å². The van der Waals surface area contributed by atoms with Gasteiger partial charge in [0.25, 0.3) is 0 Å². The van der Waals surface area contributed by atoms with Gasteiger partial charge in [-0.15, -0.1) is 0 Å². The van der Waals surface area contributed by atoms with E-state index in [0.717, 1.165) is 12.0 Å². The molecule has 2 N–H and O–H groups in total. The minimum Gasteiger partial charge on any atom is -0.481 e. The van der Waals surface area contributed by atoms with Crippen molar-refractivity contribution in [3.05, 3.63) is 23.9 Å². The summed E-state index contributed by atoms with van der Waals surface area (Å²) in [6.07, 6.45) is 3.01. The normalized spacial score (nSPS) is 24.2. The van der Waals surface area contributed by atoms with Crippen LogP contribution in [-0.4, -0.2) is 35.5 Å². The van der Waals surface area contributed by atoms with E-state index in [1.165, 1.54) is 0 Å². The molecule has 0 spiro atoms. The van der Waals surface area contributed by atoms with Gasteiger partial charge in [0.2, 0.25) is 11.8 Å². The number of likely N-dealkylation sites (tertiary alicyclic amines) is 1. The predicted octanol–water partition coefficient (Wildman–Crippen LogP) is 1.10. The second kappa shape index (κ2) is 5.35. The molecule has 1 amide bonds. The zero-order valence-electron chi connectivity index (χ0n) is 10.8. The molecule has 0 bridgehead atoms. The van der Waals surface area contributed by atoms with Crippen molar-refractivity contribution >= 4 is 5.91 Å². The Hall–Kier alpha value is -1.62. The number of likely N-dealkylation sites (N-methyl/N-ethyl adjacent to an activating group) is 1. The zero-order chi connectivity index (χ0) is 13.1. The number of rotatable bonds is 3. The van der Waals surface area contributed by atoms with Crippen LogP contribution in [0.3, 0.4) is 0 Å². The number of nitrogens with two attached hydrogens (primary N) is 1. The highest BCUT2D eigenvalue weighted by molar-refractivity contribution is 5.77. The minimum atomic E-state index is -0.0744. The van der Waals surface area contributed by atoms with E-state index in [1.54, 1.807) is 19.4 Å². The van der Waals surface area contributed by atoms with Gasteiger partial charge in [-0.2, -0.15) is 0 Å². The van der Waals surface area contributed by atoms with Crippen LogP contribution in [0.25, 0.3) is 0 Å². The van der Waals surface area contributed by atoms with Crippen LogP contribution in [-0.2, 0) is 4.79 Å². The van der Waals surface area contributed by atoms with E-state index in [0.29, 0.717) is 18.8 Å². The Morgan fingerprint density at radius 2 is 2.33 bits per heavy atom. The number of aromatic nitrogens is 1. The first-order valence-electron chi connectivity index (χ1n) is 6.22. The van der Waals surface area contributed by atoms with E-state index in [-0.39, 0.29) is 18.0 Å². The third-order valence-electron chi connectivity index (χ3n) is 3.40. The molecule has 98 valence electrons. The highest BCUT2D eigenvalue weighted by Crippen LogP contribution is 2.30. The molecule has 1 aromatic heterocycles. The summed E-state index contributed by atoms with van der Waals surface area (Å²) in [6, 6.07) is 3.62. The molecule has 5 heteroatoms. The van der Waals surface area contributed by atoms with E-state index >= 15 is 0 Å². The summed E-state index contributed by atoms with van der Waals surface area (Å²) in [4.78, 5) is 17.9. The summed E-state index contributed by atoms with van der Waals surface area (Å²) in [5.74, 6) is 0.734. The van der Waals surface area contributed by atoms with Gasteiger partial charge >= 0.3 is 0 Å². The number of methoxy groups -OCH3 is 1. The molecule has 1 fully saturated rings. The fourth-order valence-corrected chi connectivity index (χ4v) is 2.47. The van der Waals surface area contributed by atoms with E-state index in [2.05, 4.69) is 4.98 Å². The smallest absolute Gasteiger partial charge is 0.223 e. The fourth-order valence-electron chi connectivity index (χ4n) is 2.47. The van der Waals surface area contributed by atoms with Gasteiger partial charge in [0.1, 0.15) is 0 Å². The van der Waals surface area contributed by atoms with Crippen molar-refractivity contribution in [3.63, 3.8) is 0 Å². The van der Waals surface area contributed by atoms with Gasteiger partial charge in [-0.05, 0) is 25.0 Å². The molecule has 2 unspecified atom stereocenters. The molecule has 0 aromatic carbocycles. The summed E-state index contributed by atoms with van der Waals surface area (Å²) < 4.78 is 5.03.